The Bertz CT molecular complexity index is 1480. The number of nitrogen functional groups attached to an aromatic ring is 1. The molecule has 10 nitrogen and oxygen atoms in total. The third kappa shape index (κ3) is 5.50. The van der Waals surface area contributed by atoms with E-state index in [0.29, 0.717) is 25.2 Å². The first-order valence-electron chi connectivity index (χ1n) is 12.3. The predicted molar refractivity (Wildman–Crippen MR) is 145 cm³/mol. The van der Waals surface area contributed by atoms with Gasteiger partial charge in [0.2, 0.25) is 0 Å². The fourth-order valence-electron chi connectivity index (χ4n) is 4.54. The highest BCUT2D eigenvalue weighted by atomic mass is 16.3. The summed E-state index contributed by atoms with van der Waals surface area (Å²) in [4.78, 5) is 31.8. The van der Waals surface area contributed by atoms with Crippen molar-refractivity contribution in [1.82, 2.24) is 25.0 Å². The van der Waals surface area contributed by atoms with Crippen molar-refractivity contribution in [2.24, 2.45) is 7.05 Å². The van der Waals surface area contributed by atoms with Gasteiger partial charge in [-0.05, 0) is 47.4 Å². The molecule has 1 saturated heterocycles. The molecule has 5 rings (SSSR count). The number of aromatic nitrogens is 3. The maximum atomic E-state index is 13.0. The molecule has 5 N–H and O–H groups in total. The normalized spacial score (nSPS) is 14.9. The number of amides is 3. The van der Waals surface area contributed by atoms with Crippen LogP contribution in [0.5, 0.6) is 0 Å². The van der Waals surface area contributed by atoms with Crippen LogP contribution in [0, 0.1) is 0 Å². The number of rotatable bonds is 6. The number of carbonyl (C=O) groups is 2. The Morgan fingerprint density at radius 1 is 1.05 bits per heavy atom. The molecule has 0 saturated carbocycles. The lowest BCUT2D eigenvalue weighted by Crippen LogP contribution is -2.40. The average molecular weight is 512 g/mol. The van der Waals surface area contributed by atoms with Gasteiger partial charge in [-0.15, -0.1) is 0 Å². The van der Waals surface area contributed by atoms with Crippen LogP contribution in [0.4, 0.5) is 16.3 Å². The zero-order valence-corrected chi connectivity index (χ0v) is 21.0. The van der Waals surface area contributed by atoms with Crippen molar-refractivity contribution in [2.45, 2.75) is 19.1 Å². The Morgan fingerprint density at radius 2 is 1.84 bits per heavy atom. The Balaban J connectivity index is 1.21. The summed E-state index contributed by atoms with van der Waals surface area (Å²) >= 11 is 0. The van der Waals surface area contributed by atoms with Gasteiger partial charge in [0, 0.05) is 55.4 Å². The van der Waals surface area contributed by atoms with Crippen LogP contribution in [-0.2, 0) is 13.7 Å². The van der Waals surface area contributed by atoms with Crippen LogP contribution in [0.25, 0.3) is 22.3 Å². The lowest BCUT2D eigenvalue weighted by atomic mass is 10.0. The second kappa shape index (κ2) is 10.7. The lowest BCUT2D eigenvalue weighted by Gasteiger charge is -2.18. The van der Waals surface area contributed by atoms with Crippen LogP contribution < -0.4 is 16.4 Å². The number of hydrogen-bond acceptors (Lipinski definition) is 6. The van der Waals surface area contributed by atoms with Crippen LogP contribution >= 0.6 is 0 Å². The number of aryl methyl sites for hydroxylation is 1. The average Bonchev–Trinajstić information content (AvgIpc) is 3.58. The fraction of sp³-hybridized carbons (Fsp3) is 0.214. The smallest absolute Gasteiger partial charge is 0.321 e. The number of urea groups is 1. The summed E-state index contributed by atoms with van der Waals surface area (Å²) in [5.74, 6) is -0.182. The second-order valence-corrected chi connectivity index (χ2v) is 9.33. The number of aliphatic hydroxyl groups is 1. The first-order valence-corrected chi connectivity index (χ1v) is 12.3. The molecule has 0 radical (unpaired) electrons. The summed E-state index contributed by atoms with van der Waals surface area (Å²) in [6.07, 6.45) is 5.78. The molecule has 3 amide bonds. The van der Waals surface area contributed by atoms with Gasteiger partial charge in [-0.1, -0.05) is 30.3 Å². The molecule has 0 spiro atoms. The van der Waals surface area contributed by atoms with E-state index in [-0.39, 0.29) is 36.0 Å². The highest BCUT2D eigenvalue weighted by Crippen LogP contribution is 2.25. The number of nitrogens with two attached hydrogens (primary N) is 1. The van der Waals surface area contributed by atoms with Crippen molar-refractivity contribution in [3.05, 3.63) is 84.3 Å². The highest BCUT2D eigenvalue weighted by Gasteiger charge is 2.28. The molecule has 4 aromatic rings. The number of carbonyl (C=O) groups excluding carboxylic acids is 2. The van der Waals surface area contributed by atoms with Gasteiger partial charge in [-0.2, -0.15) is 5.10 Å². The summed E-state index contributed by atoms with van der Waals surface area (Å²) < 4.78 is 1.68. The van der Waals surface area contributed by atoms with E-state index >= 15 is 0 Å². The highest BCUT2D eigenvalue weighted by molar-refractivity contribution is 5.99. The van der Waals surface area contributed by atoms with Gasteiger partial charge in [0.25, 0.3) is 5.91 Å². The van der Waals surface area contributed by atoms with E-state index in [0.717, 1.165) is 27.8 Å². The van der Waals surface area contributed by atoms with Gasteiger partial charge in [0.15, 0.2) is 0 Å². The van der Waals surface area contributed by atoms with Crippen LogP contribution in [0.15, 0.2) is 73.2 Å². The third-order valence-corrected chi connectivity index (χ3v) is 6.57. The summed E-state index contributed by atoms with van der Waals surface area (Å²) in [5.41, 5.74) is 11.3. The topological polar surface area (TPSA) is 138 Å². The number of nitrogens with one attached hydrogen (secondary N) is 2. The summed E-state index contributed by atoms with van der Waals surface area (Å²) in [7, 11) is 1.82. The minimum atomic E-state index is -0.328. The molecule has 10 heteroatoms. The molecule has 0 unspecified atom stereocenters. The van der Waals surface area contributed by atoms with E-state index in [4.69, 9.17) is 5.73 Å². The Morgan fingerprint density at radius 3 is 2.61 bits per heavy atom. The quantitative estimate of drug-likeness (QED) is 0.313. The van der Waals surface area contributed by atoms with Gasteiger partial charge in [0.05, 0.1) is 18.4 Å². The first-order chi connectivity index (χ1) is 18.4. The first kappa shape index (κ1) is 25.0. The van der Waals surface area contributed by atoms with Gasteiger partial charge < -0.3 is 26.4 Å². The Kier molecular flexibility index (Phi) is 7.05. The predicted octanol–water partition coefficient (Wildman–Crippen LogP) is 3.26. The number of likely N-dealkylation sites (tertiary alicyclic amines) is 1. The van der Waals surface area contributed by atoms with Crippen molar-refractivity contribution in [3.8, 4) is 22.3 Å². The number of pyridine rings is 1. The van der Waals surface area contributed by atoms with Crippen LogP contribution in [0.1, 0.15) is 22.3 Å². The molecule has 0 bridgehead atoms. The van der Waals surface area contributed by atoms with E-state index in [1.807, 2.05) is 61.8 Å². The monoisotopic (exact) mass is 511 g/mol. The zero-order valence-electron chi connectivity index (χ0n) is 21.0. The largest absolute Gasteiger partial charge is 0.392 e. The third-order valence-electron chi connectivity index (χ3n) is 6.57. The number of anilines is 2. The number of benzene rings is 2. The number of aliphatic hydroxyl groups excluding tert-OH is 1. The molecule has 1 aliphatic heterocycles. The lowest BCUT2D eigenvalue weighted by molar-refractivity contribution is 0.0938. The van der Waals surface area contributed by atoms with Crippen molar-refractivity contribution in [2.75, 3.05) is 24.1 Å². The van der Waals surface area contributed by atoms with Gasteiger partial charge in [0.1, 0.15) is 5.82 Å². The van der Waals surface area contributed by atoms with Crippen LogP contribution in [0.2, 0.25) is 0 Å². The Hall–Kier alpha value is -4.70. The van der Waals surface area contributed by atoms with E-state index in [2.05, 4.69) is 20.7 Å². The van der Waals surface area contributed by atoms with Crippen molar-refractivity contribution in [1.29, 1.82) is 0 Å². The fourth-order valence-corrected chi connectivity index (χ4v) is 4.54. The van der Waals surface area contributed by atoms with Crippen LogP contribution in [0.3, 0.4) is 0 Å². The molecule has 1 aliphatic rings. The second-order valence-electron chi connectivity index (χ2n) is 9.33. The molecule has 1 fully saturated rings. The zero-order chi connectivity index (χ0) is 26.6. The minimum absolute atomic E-state index is 0.0318. The number of nitrogens with zero attached hydrogens (tertiary/aromatic N) is 4. The molecule has 194 valence electrons. The van der Waals surface area contributed by atoms with Crippen LogP contribution in [-0.4, -0.2) is 55.8 Å². The molecule has 3 heterocycles. The molecule has 0 aliphatic carbocycles. The summed E-state index contributed by atoms with van der Waals surface area (Å²) in [6, 6.07) is 16.5. The van der Waals surface area contributed by atoms with E-state index in [9.17, 15) is 14.7 Å². The van der Waals surface area contributed by atoms with Crippen molar-refractivity contribution >= 4 is 23.4 Å². The SMILES string of the molecule is Cn1cc(-c2cnc(N)c(C(=O)N[C@@H]3CCN(C(=O)Nc4cccc(-c5cccc(CO)c5)c4)C3)c2)cn1. The maximum Gasteiger partial charge on any atom is 0.321 e. The van der Waals surface area contributed by atoms with Crippen molar-refractivity contribution < 1.29 is 14.7 Å². The van der Waals surface area contributed by atoms with E-state index in [1.165, 1.54) is 0 Å². The molecular formula is C28H29N7O3. The van der Waals surface area contributed by atoms with Gasteiger partial charge >= 0.3 is 6.03 Å². The minimum Gasteiger partial charge on any atom is -0.392 e. The molecule has 2 aromatic carbocycles. The molecule has 2 aromatic heterocycles. The standard InChI is InChI=1S/C28H29N7O3/c1-34-15-22(14-31-34)21-12-25(26(29)30-13-21)27(37)32-24-8-9-35(16-24)28(38)33-23-7-3-6-20(11-23)19-5-2-4-18(10-19)17-36/h2-7,10-15,24,36H,8-9,16-17H2,1H3,(H2,29,30)(H,32,37)(H,33,38)/t24-/m1/s1. The Labute approximate surface area is 220 Å². The van der Waals surface area contributed by atoms with E-state index < -0.39 is 0 Å². The number of hydrogen-bond donors (Lipinski definition) is 4. The molecule has 1 atom stereocenters. The maximum absolute atomic E-state index is 13.0. The van der Waals surface area contributed by atoms with Gasteiger partial charge in [-0.25, -0.2) is 9.78 Å². The molecule has 38 heavy (non-hydrogen) atoms. The van der Waals surface area contributed by atoms with E-state index in [1.54, 1.807) is 28.0 Å². The van der Waals surface area contributed by atoms with Gasteiger partial charge in [-0.3, -0.25) is 9.48 Å². The summed E-state index contributed by atoms with van der Waals surface area (Å²) in [6.45, 7) is 0.861. The molecular weight excluding hydrogens is 482 g/mol. The summed E-state index contributed by atoms with van der Waals surface area (Å²) in [5, 5.41) is 19.5. The van der Waals surface area contributed by atoms with Crippen molar-refractivity contribution in [3.63, 3.8) is 0 Å².